The van der Waals surface area contributed by atoms with Crippen LogP contribution in [0.5, 0.6) is 0 Å². The van der Waals surface area contributed by atoms with Crippen molar-refractivity contribution in [3.63, 3.8) is 0 Å². The van der Waals surface area contributed by atoms with Crippen LogP contribution in [-0.4, -0.2) is 54.0 Å². The third kappa shape index (κ3) is 3.56. The number of carbonyl (C=O) groups is 1. The van der Waals surface area contributed by atoms with Crippen molar-refractivity contribution in [2.45, 2.75) is 20.3 Å². The van der Waals surface area contributed by atoms with E-state index in [2.05, 4.69) is 27.1 Å². The van der Waals surface area contributed by atoms with Crippen LogP contribution >= 0.6 is 0 Å². The van der Waals surface area contributed by atoms with Crippen molar-refractivity contribution in [1.29, 1.82) is 0 Å². The van der Waals surface area contributed by atoms with E-state index in [1.54, 1.807) is 4.90 Å². The summed E-state index contributed by atoms with van der Waals surface area (Å²) in [7, 11) is 0. The Morgan fingerprint density at radius 1 is 1.32 bits per heavy atom. The zero-order chi connectivity index (χ0) is 13.7. The van der Waals surface area contributed by atoms with E-state index in [1.165, 1.54) is 0 Å². The fourth-order valence-corrected chi connectivity index (χ4v) is 2.09. The topological polar surface area (TPSA) is 61.4 Å². The lowest BCUT2D eigenvalue weighted by molar-refractivity contribution is -0.118. The average Bonchev–Trinajstić information content (AvgIpc) is 2.44. The molecule has 1 aliphatic heterocycles. The highest BCUT2D eigenvalue weighted by atomic mass is 16.1. The smallest absolute Gasteiger partial charge is 0.224 e. The third-order valence-electron chi connectivity index (χ3n) is 3.16. The minimum atomic E-state index is 0.690. The fraction of sp³-hybridized carbons (Fsp3) is 0.615. The Kier molecular flexibility index (Phi) is 4.54. The number of carbonyl (C=O) groups excluding carboxylic acids is 1. The molecule has 0 aromatic carbocycles. The highest BCUT2D eigenvalue weighted by Crippen LogP contribution is 2.16. The number of nitrogens with one attached hydrogen (secondary N) is 1. The third-order valence-corrected chi connectivity index (χ3v) is 3.16. The lowest BCUT2D eigenvalue weighted by Gasteiger charge is -2.33. The summed E-state index contributed by atoms with van der Waals surface area (Å²) in [4.78, 5) is 23.6. The van der Waals surface area contributed by atoms with E-state index in [0.29, 0.717) is 5.95 Å². The van der Waals surface area contributed by atoms with Crippen molar-refractivity contribution >= 4 is 18.2 Å². The number of piperazine rings is 1. The number of rotatable bonds is 5. The van der Waals surface area contributed by atoms with Crippen molar-refractivity contribution in [3.05, 3.63) is 11.8 Å². The van der Waals surface area contributed by atoms with Crippen LogP contribution in [0.4, 0.5) is 11.8 Å². The first kappa shape index (κ1) is 13.6. The van der Waals surface area contributed by atoms with Gasteiger partial charge in [-0.15, -0.1) is 0 Å². The molecule has 2 heterocycles. The van der Waals surface area contributed by atoms with Gasteiger partial charge in [-0.05, 0) is 13.3 Å². The maximum atomic E-state index is 10.7. The van der Waals surface area contributed by atoms with Crippen LogP contribution in [0.3, 0.4) is 0 Å². The van der Waals surface area contributed by atoms with Crippen molar-refractivity contribution in [1.82, 2.24) is 14.9 Å². The van der Waals surface area contributed by atoms with E-state index < -0.39 is 0 Å². The van der Waals surface area contributed by atoms with Gasteiger partial charge in [0.1, 0.15) is 5.82 Å². The lowest BCUT2D eigenvalue weighted by atomic mass is 10.3. The summed E-state index contributed by atoms with van der Waals surface area (Å²) >= 11 is 0. The van der Waals surface area contributed by atoms with E-state index in [0.717, 1.165) is 57.1 Å². The predicted molar refractivity (Wildman–Crippen MR) is 75.4 cm³/mol. The zero-order valence-electron chi connectivity index (χ0n) is 11.6. The molecule has 0 bridgehead atoms. The van der Waals surface area contributed by atoms with Crippen LogP contribution in [0, 0.1) is 6.92 Å². The number of amides is 1. The number of anilines is 2. The number of hydrogen-bond donors (Lipinski definition) is 1. The van der Waals surface area contributed by atoms with E-state index in [4.69, 9.17) is 0 Å². The van der Waals surface area contributed by atoms with E-state index in [1.807, 2.05) is 13.0 Å². The summed E-state index contributed by atoms with van der Waals surface area (Å²) in [5.41, 5.74) is 0.960. The molecule has 1 aromatic rings. The van der Waals surface area contributed by atoms with Crippen LogP contribution in [0.25, 0.3) is 0 Å². The molecule has 1 amide bonds. The van der Waals surface area contributed by atoms with Crippen LogP contribution in [-0.2, 0) is 4.79 Å². The summed E-state index contributed by atoms with van der Waals surface area (Å²) in [5.74, 6) is 1.63. The van der Waals surface area contributed by atoms with Crippen LogP contribution in [0.2, 0.25) is 0 Å². The van der Waals surface area contributed by atoms with Crippen molar-refractivity contribution < 1.29 is 4.79 Å². The van der Waals surface area contributed by atoms with Gasteiger partial charge in [-0.25, -0.2) is 4.98 Å². The first-order valence-corrected chi connectivity index (χ1v) is 6.76. The Morgan fingerprint density at radius 2 is 2.05 bits per heavy atom. The Bertz CT molecular complexity index is 429. The van der Waals surface area contributed by atoms with Gasteiger partial charge in [-0.3, -0.25) is 4.79 Å². The molecular weight excluding hydrogens is 242 g/mol. The minimum Gasteiger partial charge on any atom is -0.354 e. The quantitative estimate of drug-likeness (QED) is 0.799. The van der Waals surface area contributed by atoms with Gasteiger partial charge in [0.15, 0.2) is 0 Å². The SMILES string of the molecule is CCCNc1nc(C)cc(N2CCN(C=O)CC2)n1. The second kappa shape index (κ2) is 6.36. The van der Waals surface area contributed by atoms with Gasteiger partial charge in [0.25, 0.3) is 0 Å². The molecule has 6 nitrogen and oxygen atoms in total. The molecule has 1 fully saturated rings. The van der Waals surface area contributed by atoms with Gasteiger partial charge in [-0.1, -0.05) is 6.92 Å². The number of aromatic nitrogens is 2. The Balaban J connectivity index is 2.07. The monoisotopic (exact) mass is 263 g/mol. The standard InChI is InChI=1S/C13H21N5O/c1-3-4-14-13-15-11(2)9-12(16-13)18-7-5-17(10-19)6-8-18/h9-10H,3-8H2,1-2H3,(H,14,15,16). The van der Waals surface area contributed by atoms with Gasteiger partial charge in [0.2, 0.25) is 12.4 Å². The second-order valence-corrected chi connectivity index (χ2v) is 4.75. The van der Waals surface area contributed by atoms with Gasteiger partial charge < -0.3 is 15.1 Å². The highest BCUT2D eigenvalue weighted by Gasteiger charge is 2.17. The van der Waals surface area contributed by atoms with Crippen LogP contribution in [0.1, 0.15) is 19.0 Å². The van der Waals surface area contributed by atoms with Gasteiger partial charge >= 0.3 is 0 Å². The van der Waals surface area contributed by atoms with Crippen LogP contribution in [0.15, 0.2) is 6.07 Å². The molecule has 104 valence electrons. The average molecular weight is 263 g/mol. The van der Waals surface area contributed by atoms with E-state index >= 15 is 0 Å². The maximum absolute atomic E-state index is 10.7. The minimum absolute atomic E-state index is 0.690. The summed E-state index contributed by atoms with van der Waals surface area (Å²) in [6.45, 7) is 8.12. The largest absolute Gasteiger partial charge is 0.354 e. The fourth-order valence-electron chi connectivity index (χ4n) is 2.09. The molecule has 1 aliphatic rings. The summed E-state index contributed by atoms with van der Waals surface area (Å²) < 4.78 is 0. The molecule has 1 N–H and O–H groups in total. The number of aryl methyl sites for hydroxylation is 1. The predicted octanol–water partition coefficient (Wildman–Crippen LogP) is 0.885. The van der Waals surface area contributed by atoms with E-state index in [9.17, 15) is 4.79 Å². The molecule has 1 aromatic heterocycles. The summed E-state index contributed by atoms with van der Waals surface area (Å²) in [6, 6.07) is 1.99. The molecule has 2 rings (SSSR count). The van der Waals surface area contributed by atoms with Crippen molar-refractivity contribution in [2.75, 3.05) is 42.9 Å². The first-order chi connectivity index (χ1) is 9.22. The molecule has 6 heteroatoms. The van der Waals surface area contributed by atoms with Crippen molar-refractivity contribution in [3.8, 4) is 0 Å². The number of nitrogens with zero attached hydrogens (tertiary/aromatic N) is 4. The van der Waals surface area contributed by atoms with Gasteiger partial charge in [-0.2, -0.15) is 4.98 Å². The number of hydrogen-bond acceptors (Lipinski definition) is 5. The molecule has 1 saturated heterocycles. The Labute approximate surface area is 113 Å². The van der Waals surface area contributed by atoms with Gasteiger partial charge in [0, 0.05) is 44.5 Å². The van der Waals surface area contributed by atoms with Crippen molar-refractivity contribution in [2.24, 2.45) is 0 Å². The molecule has 0 atom stereocenters. The summed E-state index contributed by atoms with van der Waals surface area (Å²) in [6.07, 6.45) is 1.96. The van der Waals surface area contributed by atoms with Gasteiger partial charge in [0.05, 0.1) is 0 Å². The molecular formula is C13H21N5O. The van der Waals surface area contributed by atoms with Crippen LogP contribution < -0.4 is 10.2 Å². The Hall–Kier alpha value is -1.85. The summed E-state index contributed by atoms with van der Waals surface area (Å²) in [5, 5.41) is 3.22. The normalized spacial score (nSPS) is 15.5. The first-order valence-electron chi connectivity index (χ1n) is 6.76. The van der Waals surface area contributed by atoms with E-state index in [-0.39, 0.29) is 0 Å². The molecule has 0 spiro atoms. The molecule has 0 saturated carbocycles. The Morgan fingerprint density at radius 3 is 2.68 bits per heavy atom. The molecule has 0 aliphatic carbocycles. The lowest BCUT2D eigenvalue weighted by Crippen LogP contribution is -2.46. The second-order valence-electron chi connectivity index (χ2n) is 4.75. The maximum Gasteiger partial charge on any atom is 0.224 e. The zero-order valence-corrected chi connectivity index (χ0v) is 11.6. The molecule has 0 unspecified atom stereocenters. The molecule has 0 radical (unpaired) electrons. The highest BCUT2D eigenvalue weighted by molar-refractivity contribution is 5.50. The molecule has 19 heavy (non-hydrogen) atoms.